The molecule has 2 aromatic carbocycles. The van der Waals surface area contributed by atoms with E-state index < -0.39 is 32.0 Å². The summed E-state index contributed by atoms with van der Waals surface area (Å²) in [5.74, 6) is -2.20. The van der Waals surface area contributed by atoms with Gasteiger partial charge in [0.2, 0.25) is 5.91 Å². The summed E-state index contributed by atoms with van der Waals surface area (Å²) in [7, 11) is -4.30. The van der Waals surface area contributed by atoms with E-state index in [1.807, 2.05) is 0 Å². The van der Waals surface area contributed by atoms with E-state index in [-0.39, 0.29) is 17.3 Å². The maximum absolute atomic E-state index is 13.9. The Morgan fingerprint density at radius 2 is 1.81 bits per heavy atom. The summed E-state index contributed by atoms with van der Waals surface area (Å²) in [6.45, 7) is 0. The lowest BCUT2D eigenvalue weighted by Gasteiger charge is -2.21. The average Bonchev–Trinajstić information content (AvgIpc) is 3.16. The fourth-order valence-corrected chi connectivity index (χ4v) is 5.08. The van der Waals surface area contributed by atoms with E-state index >= 15 is 0 Å². The average molecular weight is 393 g/mol. The van der Waals surface area contributed by atoms with Gasteiger partial charge in [0.25, 0.3) is 10.0 Å². The van der Waals surface area contributed by atoms with Crippen molar-refractivity contribution in [1.82, 2.24) is 0 Å². The minimum atomic E-state index is -4.30. The lowest BCUT2D eigenvalue weighted by molar-refractivity contribution is -0.120. The predicted molar refractivity (Wildman–Crippen MR) is 96.8 cm³/mol. The summed E-state index contributed by atoms with van der Waals surface area (Å²) in [6.07, 6.45) is 3.11. The Morgan fingerprint density at radius 3 is 2.48 bits per heavy atom. The van der Waals surface area contributed by atoms with Crippen molar-refractivity contribution in [1.29, 1.82) is 0 Å². The number of carbonyl (C=O) groups is 1. The summed E-state index contributed by atoms with van der Waals surface area (Å²) >= 11 is 0. The highest BCUT2D eigenvalue weighted by Crippen LogP contribution is 2.51. The molecule has 6 nitrogen and oxygen atoms in total. The molecule has 0 radical (unpaired) electrons. The first kappa shape index (κ1) is 17.7. The molecule has 1 amide bonds. The molecule has 0 saturated heterocycles. The molecule has 1 fully saturated rings. The number of hydrogen-bond donors (Lipinski definition) is 3. The highest BCUT2D eigenvalue weighted by molar-refractivity contribution is 7.92. The molecule has 0 unspecified atom stereocenters. The quantitative estimate of drug-likeness (QED) is 0.698. The van der Waals surface area contributed by atoms with Gasteiger partial charge in [-0.15, -0.1) is 0 Å². The van der Waals surface area contributed by atoms with Gasteiger partial charge in [-0.1, -0.05) is 12.8 Å². The van der Waals surface area contributed by atoms with Gasteiger partial charge in [-0.05, 0) is 42.7 Å². The number of fused-ring (bicyclic) bond motifs is 2. The molecule has 1 aliphatic carbocycles. The topological polar surface area (TPSA) is 101 Å². The third kappa shape index (κ3) is 2.73. The van der Waals surface area contributed by atoms with E-state index in [1.165, 1.54) is 6.07 Å². The number of nitrogens with one attached hydrogen (secondary N) is 2. The van der Waals surface area contributed by atoms with Crippen molar-refractivity contribution < 1.29 is 22.0 Å². The Hall–Kier alpha value is -2.68. The second-order valence-electron chi connectivity index (χ2n) is 6.91. The van der Waals surface area contributed by atoms with Crippen molar-refractivity contribution in [2.75, 3.05) is 15.8 Å². The van der Waals surface area contributed by atoms with Crippen LogP contribution >= 0.6 is 0 Å². The van der Waals surface area contributed by atoms with Gasteiger partial charge >= 0.3 is 0 Å². The second kappa shape index (κ2) is 5.91. The van der Waals surface area contributed by atoms with Crippen LogP contribution in [0.15, 0.2) is 35.2 Å². The summed E-state index contributed by atoms with van der Waals surface area (Å²) in [4.78, 5) is 11.8. The molecule has 9 heteroatoms. The molecular formula is C18H17F2N3O3S. The van der Waals surface area contributed by atoms with Crippen LogP contribution in [0.25, 0.3) is 0 Å². The van der Waals surface area contributed by atoms with Crippen LogP contribution < -0.4 is 15.8 Å². The van der Waals surface area contributed by atoms with Crippen LogP contribution in [0.3, 0.4) is 0 Å². The summed E-state index contributed by atoms with van der Waals surface area (Å²) in [5.41, 5.74) is 6.82. The van der Waals surface area contributed by atoms with E-state index in [0.29, 0.717) is 30.2 Å². The zero-order chi connectivity index (χ0) is 19.4. The van der Waals surface area contributed by atoms with E-state index in [0.717, 1.165) is 25.0 Å². The van der Waals surface area contributed by atoms with Crippen molar-refractivity contribution in [3.8, 4) is 0 Å². The Bertz CT molecular complexity index is 1060. The first-order valence-corrected chi connectivity index (χ1v) is 9.95. The van der Waals surface area contributed by atoms with Gasteiger partial charge < -0.3 is 11.1 Å². The maximum Gasteiger partial charge on any atom is 0.264 e. The number of hydrogen-bond acceptors (Lipinski definition) is 4. The molecular weight excluding hydrogens is 376 g/mol. The molecule has 1 aliphatic heterocycles. The number of carbonyl (C=O) groups excluding carboxylic acids is 1. The maximum atomic E-state index is 13.9. The van der Waals surface area contributed by atoms with Gasteiger partial charge in [0.05, 0.1) is 22.5 Å². The van der Waals surface area contributed by atoms with E-state index in [2.05, 4.69) is 10.0 Å². The SMILES string of the molecule is Nc1cc(NS(=O)(=O)c2ccc(F)cc2F)cc2c1NC(=O)C21CCCC1. The first-order valence-electron chi connectivity index (χ1n) is 8.46. The molecule has 4 N–H and O–H groups in total. The van der Waals surface area contributed by atoms with Crippen molar-refractivity contribution in [3.05, 3.63) is 47.5 Å². The lowest BCUT2D eigenvalue weighted by Crippen LogP contribution is -2.31. The van der Waals surface area contributed by atoms with Gasteiger partial charge in [-0.2, -0.15) is 0 Å². The molecule has 2 aromatic rings. The van der Waals surface area contributed by atoms with E-state index in [9.17, 15) is 22.0 Å². The van der Waals surface area contributed by atoms with Gasteiger partial charge in [0.15, 0.2) is 0 Å². The molecule has 0 bridgehead atoms. The lowest BCUT2D eigenvalue weighted by atomic mass is 9.80. The van der Waals surface area contributed by atoms with Crippen molar-refractivity contribution >= 4 is 33.0 Å². The van der Waals surface area contributed by atoms with Crippen LogP contribution in [0.5, 0.6) is 0 Å². The Labute approximate surface area is 154 Å². The number of nitrogens with two attached hydrogens (primary N) is 1. The number of nitrogen functional groups attached to an aromatic ring is 1. The van der Waals surface area contributed by atoms with Gasteiger partial charge in [0.1, 0.15) is 16.5 Å². The van der Waals surface area contributed by atoms with E-state index in [1.54, 1.807) is 6.07 Å². The fraction of sp³-hybridized carbons (Fsp3) is 0.278. The number of halogens is 2. The third-order valence-corrected chi connectivity index (χ3v) is 6.66. The highest BCUT2D eigenvalue weighted by atomic mass is 32.2. The summed E-state index contributed by atoms with van der Waals surface area (Å²) in [6, 6.07) is 5.15. The second-order valence-corrected chi connectivity index (χ2v) is 8.56. The third-order valence-electron chi connectivity index (χ3n) is 5.25. The molecule has 2 aliphatic rings. The van der Waals surface area contributed by atoms with Crippen LogP contribution in [-0.2, 0) is 20.2 Å². The first-order chi connectivity index (χ1) is 12.7. The number of anilines is 3. The number of rotatable bonds is 3. The van der Waals surface area contributed by atoms with Crippen LogP contribution in [-0.4, -0.2) is 14.3 Å². The molecule has 27 heavy (non-hydrogen) atoms. The number of amides is 1. The van der Waals surface area contributed by atoms with Crippen molar-refractivity contribution in [2.45, 2.75) is 36.0 Å². The van der Waals surface area contributed by atoms with Crippen LogP contribution in [0.4, 0.5) is 25.8 Å². The molecule has 0 aromatic heterocycles. The molecule has 0 atom stereocenters. The zero-order valence-electron chi connectivity index (χ0n) is 14.2. The van der Waals surface area contributed by atoms with Crippen LogP contribution in [0, 0.1) is 11.6 Å². The van der Waals surface area contributed by atoms with E-state index in [4.69, 9.17) is 5.73 Å². The van der Waals surface area contributed by atoms with Gasteiger partial charge in [-0.3, -0.25) is 9.52 Å². The predicted octanol–water partition coefficient (Wildman–Crippen LogP) is 3.11. The Morgan fingerprint density at radius 1 is 1.11 bits per heavy atom. The van der Waals surface area contributed by atoms with Crippen LogP contribution in [0.1, 0.15) is 31.2 Å². The van der Waals surface area contributed by atoms with Crippen LogP contribution in [0.2, 0.25) is 0 Å². The molecule has 142 valence electrons. The minimum Gasteiger partial charge on any atom is -0.397 e. The number of sulfonamides is 1. The van der Waals surface area contributed by atoms with Crippen molar-refractivity contribution in [2.24, 2.45) is 0 Å². The number of benzene rings is 2. The minimum absolute atomic E-state index is 0.123. The normalized spacial score (nSPS) is 17.8. The summed E-state index contributed by atoms with van der Waals surface area (Å²) < 4.78 is 54.3. The monoisotopic (exact) mass is 393 g/mol. The fourth-order valence-electron chi connectivity index (χ4n) is 3.97. The molecule has 1 heterocycles. The Kier molecular flexibility index (Phi) is 3.88. The Balaban J connectivity index is 1.75. The smallest absolute Gasteiger partial charge is 0.264 e. The largest absolute Gasteiger partial charge is 0.397 e. The van der Waals surface area contributed by atoms with Crippen molar-refractivity contribution in [3.63, 3.8) is 0 Å². The standard InChI is InChI=1S/C18H17F2N3O3S/c19-10-3-4-15(13(20)7-10)27(25,26)23-11-8-12-16(14(21)9-11)22-17(24)18(12)5-1-2-6-18/h3-4,7-9,23H,1-2,5-6,21H2,(H,22,24). The zero-order valence-corrected chi connectivity index (χ0v) is 15.0. The van der Waals surface area contributed by atoms with Gasteiger partial charge in [0, 0.05) is 6.07 Å². The molecule has 4 rings (SSSR count). The highest BCUT2D eigenvalue weighted by Gasteiger charge is 2.49. The molecule has 1 spiro atoms. The molecule has 1 saturated carbocycles. The summed E-state index contributed by atoms with van der Waals surface area (Å²) in [5, 5.41) is 2.79. The van der Waals surface area contributed by atoms with Gasteiger partial charge in [-0.25, -0.2) is 17.2 Å².